The van der Waals surface area contributed by atoms with Crippen LogP contribution >= 0.6 is 0 Å². The lowest BCUT2D eigenvalue weighted by Gasteiger charge is -2.23. The Balaban J connectivity index is 1.65. The van der Waals surface area contributed by atoms with Crippen molar-refractivity contribution in [1.29, 1.82) is 0 Å². The lowest BCUT2D eigenvalue weighted by molar-refractivity contribution is -0.138. The van der Waals surface area contributed by atoms with Crippen molar-refractivity contribution < 1.29 is 28.7 Å². The van der Waals surface area contributed by atoms with Crippen molar-refractivity contribution >= 4 is 23.5 Å². The zero-order valence-corrected chi connectivity index (χ0v) is 21.9. The molecule has 0 atom stereocenters. The van der Waals surface area contributed by atoms with E-state index in [-0.39, 0.29) is 60.0 Å². The molecule has 0 radical (unpaired) electrons. The maximum Gasteiger partial charge on any atom is 0.311 e. The standard InChI is InChI=1S/C30H38O6/c1-29(2,21-27(33)35-25-11-7-5-8-12-25)19-17-23(31)15-16-24(32)18-20-30(3,4)22-28(34)36-26-13-9-6-10-14-26/h5-14H,15-22H2,1-4H3. The first kappa shape index (κ1) is 29.0. The Bertz CT molecular complexity index is 925. The molecule has 0 bridgehead atoms. The Morgan fingerprint density at radius 1 is 0.556 bits per heavy atom. The van der Waals surface area contributed by atoms with Crippen molar-refractivity contribution in [2.45, 2.75) is 79.1 Å². The van der Waals surface area contributed by atoms with Gasteiger partial charge in [0.25, 0.3) is 0 Å². The highest BCUT2D eigenvalue weighted by Gasteiger charge is 2.26. The Morgan fingerprint density at radius 2 is 0.889 bits per heavy atom. The van der Waals surface area contributed by atoms with Crippen LogP contribution in [0.3, 0.4) is 0 Å². The largest absolute Gasteiger partial charge is 0.427 e. The number of rotatable bonds is 15. The molecule has 6 heteroatoms. The number of Topliss-reactive ketones (excluding diaryl/α,β-unsaturated/α-hetero) is 2. The van der Waals surface area contributed by atoms with Gasteiger partial charge < -0.3 is 9.47 Å². The minimum atomic E-state index is -0.385. The molecule has 0 aromatic heterocycles. The summed E-state index contributed by atoms with van der Waals surface area (Å²) < 4.78 is 10.7. The van der Waals surface area contributed by atoms with Gasteiger partial charge >= 0.3 is 11.9 Å². The number of ether oxygens (including phenoxy) is 2. The molecule has 6 nitrogen and oxygen atoms in total. The van der Waals surface area contributed by atoms with Crippen LogP contribution in [0.2, 0.25) is 0 Å². The zero-order chi connectivity index (χ0) is 26.6. The first-order chi connectivity index (χ1) is 16.9. The third-order valence-corrected chi connectivity index (χ3v) is 6.04. The van der Waals surface area contributed by atoms with Gasteiger partial charge in [0, 0.05) is 25.7 Å². The molecule has 2 aromatic rings. The summed E-state index contributed by atoms with van der Waals surface area (Å²) >= 11 is 0. The molecule has 0 aliphatic heterocycles. The van der Waals surface area contributed by atoms with E-state index in [0.29, 0.717) is 37.2 Å². The third kappa shape index (κ3) is 11.9. The fourth-order valence-corrected chi connectivity index (χ4v) is 3.75. The van der Waals surface area contributed by atoms with E-state index in [1.807, 2.05) is 39.8 Å². The van der Waals surface area contributed by atoms with Gasteiger partial charge in [-0.3, -0.25) is 19.2 Å². The third-order valence-electron chi connectivity index (χ3n) is 6.04. The molecule has 0 saturated heterocycles. The van der Waals surface area contributed by atoms with Crippen molar-refractivity contribution in [1.82, 2.24) is 0 Å². The number of ketones is 2. The summed E-state index contributed by atoms with van der Waals surface area (Å²) in [5.41, 5.74) is -0.770. The van der Waals surface area contributed by atoms with Gasteiger partial charge in [-0.15, -0.1) is 0 Å². The lowest BCUT2D eigenvalue weighted by atomic mass is 9.82. The molecule has 0 amide bonds. The van der Waals surface area contributed by atoms with Gasteiger partial charge in [-0.05, 0) is 47.9 Å². The quantitative estimate of drug-likeness (QED) is 0.207. The number of para-hydroxylation sites is 2. The molecule has 194 valence electrons. The van der Waals surface area contributed by atoms with Gasteiger partial charge in [0.2, 0.25) is 0 Å². The second kappa shape index (κ2) is 13.7. The second-order valence-corrected chi connectivity index (χ2v) is 10.8. The number of carbonyl (C=O) groups is 4. The number of esters is 2. The van der Waals surface area contributed by atoms with E-state index in [1.165, 1.54) is 0 Å². The molecule has 36 heavy (non-hydrogen) atoms. The Kier molecular flexibility index (Phi) is 11.0. The molecular weight excluding hydrogens is 456 g/mol. The predicted molar refractivity (Wildman–Crippen MR) is 139 cm³/mol. The highest BCUT2D eigenvalue weighted by molar-refractivity contribution is 5.86. The van der Waals surface area contributed by atoms with Crippen molar-refractivity contribution in [3.63, 3.8) is 0 Å². The van der Waals surface area contributed by atoms with Crippen molar-refractivity contribution in [3.8, 4) is 11.5 Å². The summed E-state index contributed by atoms with van der Waals surface area (Å²) in [4.78, 5) is 49.2. The van der Waals surface area contributed by atoms with Gasteiger partial charge in [0.15, 0.2) is 0 Å². The monoisotopic (exact) mass is 494 g/mol. The Morgan fingerprint density at radius 3 is 1.22 bits per heavy atom. The zero-order valence-electron chi connectivity index (χ0n) is 21.9. The van der Waals surface area contributed by atoms with Crippen molar-refractivity contribution in [2.75, 3.05) is 0 Å². The van der Waals surface area contributed by atoms with Crippen molar-refractivity contribution in [2.24, 2.45) is 10.8 Å². The van der Waals surface area contributed by atoms with Gasteiger partial charge in [-0.2, -0.15) is 0 Å². The fourth-order valence-electron chi connectivity index (χ4n) is 3.75. The minimum absolute atomic E-state index is 0.0125. The first-order valence-electron chi connectivity index (χ1n) is 12.5. The molecular formula is C30H38O6. The molecule has 0 unspecified atom stereocenters. The molecule has 0 aliphatic rings. The van der Waals surface area contributed by atoms with Crippen LogP contribution in [-0.4, -0.2) is 23.5 Å². The molecule has 0 spiro atoms. The van der Waals surface area contributed by atoms with E-state index in [4.69, 9.17) is 9.47 Å². The topological polar surface area (TPSA) is 86.7 Å². The van der Waals surface area contributed by atoms with Gasteiger partial charge in [0.1, 0.15) is 23.1 Å². The summed E-state index contributed by atoms with van der Waals surface area (Å²) in [7, 11) is 0. The van der Waals surface area contributed by atoms with Crippen LogP contribution in [0, 0.1) is 10.8 Å². The minimum Gasteiger partial charge on any atom is -0.427 e. The van der Waals surface area contributed by atoms with Crippen LogP contribution in [0.15, 0.2) is 60.7 Å². The summed E-state index contributed by atoms with van der Waals surface area (Å²) in [5, 5.41) is 0. The SMILES string of the molecule is CC(C)(CCC(=O)CCC(=O)CCC(C)(C)CC(=O)Oc1ccccc1)CC(=O)Oc1ccccc1. The molecule has 2 aromatic carbocycles. The van der Waals surface area contributed by atoms with Gasteiger partial charge in [-0.1, -0.05) is 64.1 Å². The first-order valence-corrected chi connectivity index (χ1v) is 12.5. The van der Waals surface area contributed by atoms with E-state index in [0.717, 1.165) is 0 Å². The molecule has 0 fully saturated rings. The smallest absolute Gasteiger partial charge is 0.311 e. The highest BCUT2D eigenvalue weighted by Crippen LogP contribution is 2.30. The van der Waals surface area contributed by atoms with E-state index < -0.39 is 0 Å². The van der Waals surface area contributed by atoms with E-state index in [1.54, 1.807) is 48.5 Å². The van der Waals surface area contributed by atoms with Gasteiger partial charge in [-0.25, -0.2) is 0 Å². The molecule has 0 heterocycles. The highest BCUT2D eigenvalue weighted by atomic mass is 16.5. The van der Waals surface area contributed by atoms with Crippen LogP contribution in [0.4, 0.5) is 0 Å². The average molecular weight is 495 g/mol. The summed E-state index contributed by atoms with van der Waals surface area (Å²) in [6.07, 6.45) is 2.51. The number of hydrogen-bond acceptors (Lipinski definition) is 6. The van der Waals surface area contributed by atoms with Crippen LogP contribution in [0.25, 0.3) is 0 Å². The maximum absolute atomic E-state index is 12.4. The van der Waals surface area contributed by atoms with Crippen LogP contribution in [0.1, 0.15) is 79.1 Å². The summed E-state index contributed by atoms with van der Waals surface area (Å²) in [6, 6.07) is 17.8. The van der Waals surface area contributed by atoms with Gasteiger partial charge in [0.05, 0.1) is 12.8 Å². The average Bonchev–Trinajstić information content (AvgIpc) is 2.80. The van der Waals surface area contributed by atoms with E-state index in [2.05, 4.69) is 0 Å². The fraction of sp³-hybridized carbons (Fsp3) is 0.467. The van der Waals surface area contributed by atoms with Crippen molar-refractivity contribution in [3.05, 3.63) is 60.7 Å². The Hall–Kier alpha value is -3.28. The van der Waals surface area contributed by atoms with Crippen LogP contribution in [-0.2, 0) is 19.2 Å². The maximum atomic E-state index is 12.4. The normalized spacial score (nSPS) is 11.6. The van der Waals surface area contributed by atoms with Crippen LogP contribution < -0.4 is 9.47 Å². The molecule has 0 saturated carbocycles. The van der Waals surface area contributed by atoms with E-state index in [9.17, 15) is 19.2 Å². The second-order valence-electron chi connectivity index (χ2n) is 10.8. The molecule has 2 rings (SSSR count). The number of carbonyl (C=O) groups excluding carboxylic acids is 4. The summed E-state index contributed by atoms with van der Waals surface area (Å²) in [6.45, 7) is 7.73. The predicted octanol–water partition coefficient (Wildman–Crippen LogP) is 6.51. The Labute approximate surface area is 214 Å². The molecule has 0 N–H and O–H groups in total. The number of hydrogen-bond donors (Lipinski definition) is 0. The van der Waals surface area contributed by atoms with E-state index >= 15 is 0 Å². The number of benzene rings is 2. The summed E-state index contributed by atoms with van der Waals surface area (Å²) in [5.74, 6) is 0.374. The van der Waals surface area contributed by atoms with Crippen LogP contribution in [0.5, 0.6) is 11.5 Å². The lowest BCUT2D eigenvalue weighted by Crippen LogP contribution is -2.22. The molecule has 0 aliphatic carbocycles.